The molecule has 1 aliphatic carbocycles. The maximum absolute atomic E-state index is 12.5. The summed E-state index contributed by atoms with van der Waals surface area (Å²) in [6.07, 6.45) is 0.945. The highest BCUT2D eigenvalue weighted by Crippen LogP contribution is 2.39. The molecule has 0 aromatic heterocycles. The number of hydrogen-bond donors (Lipinski definition) is 3. The molecule has 3 N–H and O–H groups in total. The molecule has 1 amide bonds. The highest BCUT2D eigenvalue weighted by atomic mass is 16.4. The van der Waals surface area contributed by atoms with E-state index in [1.807, 2.05) is 42.5 Å². The van der Waals surface area contributed by atoms with Gasteiger partial charge in [-0.1, -0.05) is 42.5 Å². The van der Waals surface area contributed by atoms with Crippen molar-refractivity contribution in [2.45, 2.75) is 37.3 Å². The molecule has 0 spiro atoms. The second-order valence-electron chi connectivity index (χ2n) is 6.45. The lowest BCUT2D eigenvalue weighted by Crippen LogP contribution is -2.48. The minimum Gasteiger partial charge on any atom is -0.479 e. The van der Waals surface area contributed by atoms with Crippen molar-refractivity contribution in [3.63, 3.8) is 0 Å². The van der Waals surface area contributed by atoms with Crippen LogP contribution in [-0.4, -0.2) is 34.2 Å². The maximum Gasteiger partial charge on any atom is 0.334 e. The molecule has 25 heavy (non-hydrogen) atoms. The first-order valence-corrected chi connectivity index (χ1v) is 8.40. The number of aliphatic hydroxyl groups is 1. The Morgan fingerprint density at radius 3 is 2.24 bits per heavy atom. The SMILES string of the molecule is O=C(N[C@H](Cc1ccccc1)[C@@H](O)C(=O)O)c1ccc(C2CC2)cc1. The molecule has 0 unspecified atom stereocenters. The van der Waals surface area contributed by atoms with Gasteiger partial charge in [-0.2, -0.15) is 0 Å². The zero-order valence-corrected chi connectivity index (χ0v) is 13.8. The number of aliphatic hydroxyl groups excluding tert-OH is 1. The van der Waals surface area contributed by atoms with E-state index in [-0.39, 0.29) is 12.3 Å². The third-order valence-corrected chi connectivity index (χ3v) is 4.47. The fraction of sp³-hybridized carbons (Fsp3) is 0.300. The summed E-state index contributed by atoms with van der Waals surface area (Å²) < 4.78 is 0. The molecule has 0 heterocycles. The van der Waals surface area contributed by atoms with Gasteiger partial charge in [0.15, 0.2) is 6.10 Å². The van der Waals surface area contributed by atoms with Crippen LogP contribution in [0.5, 0.6) is 0 Å². The van der Waals surface area contributed by atoms with Gasteiger partial charge in [0, 0.05) is 5.56 Å². The maximum atomic E-state index is 12.5. The number of hydrogen-bond acceptors (Lipinski definition) is 3. The van der Waals surface area contributed by atoms with Gasteiger partial charge in [-0.15, -0.1) is 0 Å². The van der Waals surface area contributed by atoms with Gasteiger partial charge in [-0.3, -0.25) is 4.79 Å². The predicted molar refractivity (Wildman–Crippen MR) is 93.5 cm³/mol. The van der Waals surface area contributed by atoms with Crippen LogP contribution < -0.4 is 5.32 Å². The summed E-state index contributed by atoms with van der Waals surface area (Å²) >= 11 is 0. The van der Waals surface area contributed by atoms with Crippen LogP contribution in [0.15, 0.2) is 54.6 Å². The van der Waals surface area contributed by atoms with Crippen molar-refractivity contribution >= 4 is 11.9 Å². The third kappa shape index (κ3) is 4.45. The highest BCUT2D eigenvalue weighted by molar-refractivity contribution is 5.94. The van der Waals surface area contributed by atoms with Crippen LogP contribution in [0.2, 0.25) is 0 Å². The Morgan fingerprint density at radius 1 is 1.04 bits per heavy atom. The van der Waals surface area contributed by atoms with E-state index in [0.717, 1.165) is 5.56 Å². The largest absolute Gasteiger partial charge is 0.479 e. The molecule has 0 bridgehead atoms. The second kappa shape index (κ2) is 7.49. The lowest BCUT2D eigenvalue weighted by atomic mass is 10.0. The molecular formula is C20H21NO4. The van der Waals surface area contributed by atoms with E-state index in [9.17, 15) is 14.7 Å². The van der Waals surface area contributed by atoms with E-state index < -0.39 is 18.1 Å². The molecule has 1 saturated carbocycles. The van der Waals surface area contributed by atoms with E-state index in [1.54, 1.807) is 12.1 Å². The van der Waals surface area contributed by atoms with Crippen molar-refractivity contribution in [3.8, 4) is 0 Å². The van der Waals surface area contributed by atoms with Gasteiger partial charge in [-0.25, -0.2) is 4.79 Å². The predicted octanol–water partition coefficient (Wildman–Crippen LogP) is 2.35. The van der Waals surface area contributed by atoms with Crippen molar-refractivity contribution in [2.75, 3.05) is 0 Å². The first-order valence-electron chi connectivity index (χ1n) is 8.40. The fourth-order valence-corrected chi connectivity index (χ4v) is 2.86. The number of carboxylic acid groups (broad SMARTS) is 1. The van der Waals surface area contributed by atoms with E-state index >= 15 is 0 Å². The van der Waals surface area contributed by atoms with Crippen molar-refractivity contribution in [1.29, 1.82) is 0 Å². The summed E-state index contributed by atoms with van der Waals surface area (Å²) in [7, 11) is 0. The number of amides is 1. The minimum atomic E-state index is -1.67. The summed E-state index contributed by atoms with van der Waals surface area (Å²) in [5.74, 6) is -1.13. The molecule has 2 aromatic carbocycles. The summed E-state index contributed by atoms with van der Waals surface area (Å²) in [5, 5.41) is 21.7. The van der Waals surface area contributed by atoms with Gasteiger partial charge < -0.3 is 15.5 Å². The lowest BCUT2D eigenvalue weighted by molar-refractivity contribution is -0.148. The smallest absolute Gasteiger partial charge is 0.334 e. The molecule has 2 aromatic rings. The number of carboxylic acids is 1. The highest BCUT2D eigenvalue weighted by Gasteiger charge is 2.28. The van der Waals surface area contributed by atoms with Crippen molar-refractivity contribution < 1.29 is 19.8 Å². The Labute approximate surface area is 146 Å². The van der Waals surface area contributed by atoms with Crippen molar-refractivity contribution in [2.24, 2.45) is 0 Å². The summed E-state index contributed by atoms with van der Waals surface area (Å²) in [4.78, 5) is 23.6. The number of carbonyl (C=O) groups is 2. The third-order valence-electron chi connectivity index (χ3n) is 4.47. The van der Waals surface area contributed by atoms with Gasteiger partial charge >= 0.3 is 5.97 Å². The Kier molecular flexibility index (Phi) is 5.14. The molecule has 3 rings (SSSR count). The Balaban J connectivity index is 1.71. The van der Waals surface area contributed by atoms with Crippen LogP contribution in [-0.2, 0) is 11.2 Å². The zero-order chi connectivity index (χ0) is 17.8. The van der Waals surface area contributed by atoms with Gasteiger partial charge in [0.05, 0.1) is 6.04 Å². The molecule has 130 valence electrons. The summed E-state index contributed by atoms with van der Waals surface area (Å²) in [6, 6.07) is 15.6. The first kappa shape index (κ1) is 17.2. The van der Waals surface area contributed by atoms with Crippen LogP contribution in [0.1, 0.15) is 40.2 Å². The van der Waals surface area contributed by atoms with E-state index in [1.165, 1.54) is 18.4 Å². The average Bonchev–Trinajstić information content (AvgIpc) is 3.46. The van der Waals surface area contributed by atoms with E-state index in [0.29, 0.717) is 11.5 Å². The monoisotopic (exact) mass is 339 g/mol. The quantitative estimate of drug-likeness (QED) is 0.723. The topological polar surface area (TPSA) is 86.6 Å². The van der Waals surface area contributed by atoms with Gasteiger partial charge in [-0.05, 0) is 48.4 Å². The molecule has 5 heteroatoms. The summed E-state index contributed by atoms with van der Waals surface area (Å²) in [6.45, 7) is 0. The molecule has 0 radical (unpaired) electrons. The normalized spacial score (nSPS) is 16.0. The number of carbonyl (C=O) groups excluding carboxylic acids is 1. The molecule has 0 saturated heterocycles. The Bertz CT molecular complexity index is 738. The van der Waals surface area contributed by atoms with Crippen molar-refractivity contribution in [3.05, 3.63) is 71.3 Å². The molecule has 5 nitrogen and oxygen atoms in total. The number of aliphatic carboxylic acids is 1. The standard InChI is InChI=1S/C20H21NO4/c22-18(20(24)25)17(12-13-4-2-1-3-5-13)21-19(23)16-10-8-15(9-11-16)14-6-7-14/h1-5,8-11,14,17-18,22H,6-7,12H2,(H,21,23)(H,24,25)/t17-,18-/m1/s1. The Morgan fingerprint density at radius 2 is 1.68 bits per heavy atom. The van der Waals surface area contributed by atoms with Crippen LogP contribution in [0.3, 0.4) is 0 Å². The number of nitrogens with one attached hydrogen (secondary N) is 1. The van der Waals surface area contributed by atoms with E-state index in [4.69, 9.17) is 5.11 Å². The van der Waals surface area contributed by atoms with Crippen LogP contribution in [0.4, 0.5) is 0 Å². The van der Waals surface area contributed by atoms with Crippen LogP contribution in [0, 0.1) is 0 Å². The lowest BCUT2D eigenvalue weighted by Gasteiger charge is -2.21. The number of rotatable bonds is 7. The molecular weight excluding hydrogens is 318 g/mol. The molecule has 1 fully saturated rings. The second-order valence-corrected chi connectivity index (χ2v) is 6.45. The molecule has 1 aliphatic rings. The van der Waals surface area contributed by atoms with Gasteiger partial charge in [0.2, 0.25) is 0 Å². The first-order chi connectivity index (χ1) is 12.0. The Hall–Kier alpha value is -2.66. The molecule has 0 aliphatic heterocycles. The average molecular weight is 339 g/mol. The van der Waals surface area contributed by atoms with Crippen LogP contribution in [0.25, 0.3) is 0 Å². The van der Waals surface area contributed by atoms with Gasteiger partial charge in [0.1, 0.15) is 0 Å². The van der Waals surface area contributed by atoms with E-state index in [2.05, 4.69) is 5.32 Å². The van der Waals surface area contributed by atoms with Crippen molar-refractivity contribution in [1.82, 2.24) is 5.32 Å². The van der Waals surface area contributed by atoms with Crippen LogP contribution >= 0.6 is 0 Å². The van der Waals surface area contributed by atoms with Gasteiger partial charge in [0.25, 0.3) is 5.91 Å². The summed E-state index contributed by atoms with van der Waals surface area (Å²) in [5.41, 5.74) is 2.53. The molecule has 2 atom stereocenters. The fourth-order valence-electron chi connectivity index (χ4n) is 2.86. The zero-order valence-electron chi connectivity index (χ0n) is 13.8. The number of benzene rings is 2. The minimum absolute atomic E-state index is 0.236.